The molecular weight excluding hydrogens is 288 g/mol. The molecule has 0 atom stereocenters. The van der Waals surface area contributed by atoms with Crippen molar-refractivity contribution in [2.45, 2.75) is 4.90 Å². The van der Waals surface area contributed by atoms with Crippen LogP contribution in [-0.4, -0.2) is 31.8 Å². The molecule has 6 heteroatoms. The molecule has 0 saturated carbocycles. The van der Waals surface area contributed by atoms with Gasteiger partial charge in [-0.3, -0.25) is 0 Å². The topological polar surface area (TPSA) is 72.0 Å². The summed E-state index contributed by atoms with van der Waals surface area (Å²) >= 11 is 0. The average Bonchev–Trinajstić information content (AvgIpc) is 2.89. The van der Waals surface area contributed by atoms with E-state index in [4.69, 9.17) is 4.74 Å². The van der Waals surface area contributed by atoms with Crippen LogP contribution in [0.3, 0.4) is 0 Å². The van der Waals surface area contributed by atoms with Crippen molar-refractivity contribution in [1.82, 2.24) is 9.97 Å². The number of nitrogens with one attached hydrogen (secondary N) is 1. The van der Waals surface area contributed by atoms with Gasteiger partial charge in [-0.2, -0.15) is 0 Å². The van der Waals surface area contributed by atoms with Crippen molar-refractivity contribution in [2.24, 2.45) is 0 Å². The van der Waals surface area contributed by atoms with Gasteiger partial charge in [0.25, 0.3) is 0 Å². The van der Waals surface area contributed by atoms with E-state index in [2.05, 4.69) is 9.97 Å². The fourth-order valence-corrected chi connectivity index (χ4v) is 2.79. The number of hydrogen-bond acceptors (Lipinski definition) is 4. The summed E-state index contributed by atoms with van der Waals surface area (Å²) in [5.74, 6) is 1.37. The molecule has 0 saturated heterocycles. The van der Waals surface area contributed by atoms with Crippen LogP contribution < -0.4 is 4.74 Å². The molecule has 1 aromatic heterocycles. The molecule has 0 radical (unpaired) electrons. The van der Waals surface area contributed by atoms with E-state index in [0.29, 0.717) is 5.82 Å². The van der Waals surface area contributed by atoms with Crippen molar-refractivity contribution < 1.29 is 13.2 Å². The van der Waals surface area contributed by atoms with Crippen LogP contribution >= 0.6 is 0 Å². The standard InChI is InChI=1S/C15H14N2O3S/c1-20-11-6-7-13-14(9-11)17-15(16-13)10-4-3-5-12(8-10)21(2,18)19/h3-9H,1-2H3,(H,16,17). The van der Waals surface area contributed by atoms with Gasteiger partial charge in [0.1, 0.15) is 11.6 Å². The van der Waals surface area contributed by atoms with E-state index >= 15 is 0 Å². The minimum Gasteiger partial charge on any atom is -0.497 e. The number of nitrogens with zero attached hydrogens (tertiary/aromatic N) is 1. The largest absolute Gasteiger partial charge is 0.497 e. The van der Waals surface area contributed by atoms with E-state index in [1.807, 2.05) is 24.3 Å². The highest BCUT2D eigenvalue weighted by atomic mass is 32.2. The van der Waals surface area contributed by atoms with Crippen LogP contribution in [0.5, 0.6) is 5.75 Å². The lowest BCUT2D eigenvalue weighted by atomic mass is 10.2. The Morgan fingerprint density at radius 3 is 2.67 bits per heavy atom. The van der Waals surface area contributed by atoms with E-state index in [1.54, 1.807) is 25.3 Å². The predicted octanol–water partition coefficient (Wildman–Crippen LogP) is 2.64. The first-order valence-corrected chi connectivity index (χ1v) is 8.21. The van der Waals surface area contributed by atoms with Crippen molar-refractivity contribution in [3.8, 4) is 17.1 Å². The summed E-state index contributed by atoms with van der Waals surface area (Å²) in [4.78, 5) is 7.93. The number of fused-ring (bicyclic) bond motifs is 1. The third kappa shape index (κ3) is 2.62. The second-order valence-corrected chi connectivity index (χ2v) is 6.78. The van der Waals surface area contributed by atoms with E-state index < -0.39 is 9.84 Å². The second kappa shape index (κ2) is 4.89. The Hall–Kier alpha value is -2.34. The highest BCUT2D eigenvalue weighted by molar-refractivity contribution is 7.90. The van der Waals surface area contributed by atoms with E-state index in [-0.39, 0.29) is 4.90 Å². The van der Waals surface area contributed by atoms with Crippen LogP contribution in [-0.2, 0) is 9.84 Å². The minimum absolute atomic E-state index is 0.276. The van der Waals surface area contributed by atoms with Gasteiger partial charge in [-0.15, -0.1) is 0 Å². The Balaban J connectivity index is 2.12. The summed E-state index contributed by atoms with van der Waals surface area (Å²) in [5.41, 5.74) is 2.37. The summed E-state index contributed by atoms with van der Waals surface area (Å²) in [6, 6.07) is 12.3. The predicted molar refractivity (Wildman–Crippen MR) is 81.2 cm³/mol. The zero-order valence-electron chi connectivity index (χ0n) is 11.6. The summed E-state index contributed by atoms with van der Waals surface area (Å²) in [6.45, 7) is 0. The molecule has 21 heavy (non-hydrogen) atoms. The molecule has 0 fully saturated rings. The van der Waals surface area contributed by atoms with E-state index in [1.165, 1.54) is 6.26 Å². The highest BCUT2D eigenvalue weighted by Crippen LogP contribution is 2.25. The molecule has 0 amide bonds. The van der Waals surface area contributed by atoms with E-state index in [0.717, 1.165) is 22.3 Å². The summed E-state index contributed by atoms with van der Waals surface area (Å²) < 4.78 is 28.4. The molecule has 0 aliphatic carbocycles. The first-order valence-electron chi connectivity index (χ1n) is 6.31. The first kappa shape index (κ1) is 13.6. The molecule has 108 valence electrons. The fourth-order valence-electron chi connectivity index (χ4n) is 2.13. The normalized spacial score (nSPS) is 11.7. The maximum atomic E-state index is 11.6. The quantitative estimate of drug-likeness (QED) is 0.807. The number of methoxy groups -OCH3 is 1. The van der Waals surface area contributed by atoms with Crippen LogP contribution in [0, 0.1) is 0 Å². The van der Waals surface area contributed by atoms with Crippen LogP contribution in [0.25, 0.3) is 22.4 Å². The van der Waals surface area contributed by atoms with Crippen molar-refractivity contribution in [2.75, 3.05) is 13.4 Å². The Bertz CT molecular complexity index is 914. The lowest BCUT2D eigenvalue weighted by Crippen LogP contribution is -1.97. The van der Waals surface area contributed by atoms with Gasteiger partial charge in [-0.25, -0.2) is 13.4 Å². The molecular formula is C15H14N2O3S. The molecule has 0 unspecified atom stereocenters. The zero-order valence-corrected chi connectivity index (χ0v) is 12.4. The van der Waals surface area contributed by atoms with E-state index in [9.17, 15) is 8.42 Å². The highest BCUT2D eigenvalue weighted by Gasteiger charge is 2.11. The summed E-state index contributed by atoms with van der Waals surface area (Å²) in [6.07, 6.45) is 1.19. The van der Waals surface area contributed by atoms with Gasteiger partial charge in [0.05, 0.1) is 23.0 Å². The maximum Gasteiger partial charge on any atom is 0.175 e. The number of aromatic amines is 1. The molecule has 2 aromatic carbocycles. The molecule has 1 heterocycles. The van der Waals surface area contributed by atoms with Gasteiger partial charge < -0.3 is 9.72 Å². The number of sulfone groups is 1. The molecule has 0 aliphatic heterocycles. The molecule has 5 nitrogen and oxygen atoms in total. The monoisotopic (exact) mass is 302 g/mol. The maximum absolute atomic E-state index is 11.6. The van der Waals surface area contributed by atoms with Gasteiger partial charge >= 0.3 is 0 Å². The number of aromatic nitrogens is 2. The van der Waals surface area contributed by atoms with Crippen molar-refractivity contribution in [1.29, 1.82) is 0 Å². The zero-order chi connectivity index (χ0) is 15.0. The van der Waals surface area contributed by atoms with Crippen molar-refractivity contribution in [3.63, 3.8) is 0 Å². The Morgan fingerprint density at radius 2 is 1.95 bits per heavy atom. The van der Waals surface area contributed by atoms with Crippen LogP contribution in [0.15, 0.2) is 47.4 Å². The summed E-state index contributed by atoms with van der Waals surface area (Å²) in [7, 11) is -1.63. The Morgan fingerprint density at radius 1 is 1.14 bits per heavy atom. The molecule has 3 aromatic rings. The number of hydrogen-bond donors (Lipinski definition) is 1. The number of imidazole rings is 1. The smallest absolute Gasteiger partial charge is 0.175 e. The van der Waals surface area contributed by atoms with Gasteiger partial charge in [0, 0.05) is 17.9 Å². The average molecular weight is 302 g/mol. The van der Waals surface area contributed by atoms with Crippen molar-refractivity contribution >= 4 is 20.9 Å². The number of benzene rings is 2. The number of H-pyrrole nitrogens is 1. The molecule has 0 aliphatic rings. The number of ether oxygens (including phenoxy) is 1. The van der Waals surface area contributed by atoms with Crippen molar-refractivity contribution in [3.05, 3.63) is 42.5 Å². The molecule has 3 rings (SSSR count). The fraction of sp³-hybridized carbons (Fsp3) is 0.133. The van der Waals surface area contributed by atoms with Gasteiger partial charge in [0.2, 0.25) is 0 Å². The Labute approximate surface area is 122 Å². The van der Waals surface area contributed by atoms with Crippen LogP contribution in [0.1, 0.15) is 0 Å². The van der Waals surface area contributed by atoms with Crippen LogP contribution in [0.2, 0.25) is 0 Å². The first-order chi connectivity index (χ1) is 9.97. The molecule has 0 bridgehead atoms. The molecule has 0 spiro atoms. The van der Waals surface area contributed by atoms with Gasteiger partial charge in [-0.05, 0) is 24.3 Å². The summed E-state index contributed by atoms with van der Waals surface area (Å²) in [5, 5.41) is 0. The lowest BCUT2D eigenvalue weighted by molar-refractivity contribution is 0.415. The van der Waals surface area contributed by atoms with Gasteiger partial charge in [0.15, 0.2) is 9.84 Å². The lowest BCUT2D eigenvalue weighted by Gasteiger charge is -2.01. The Kier molecular flexibility index (Phi) is 3.17. The second-order valence-electron chi connectivity index (χ2n) is 4.77. The third-order valence-electron chi connectivity index (χ3n) is 3.22. The van der Waals surface area contributed by atoms with Gasteiger partial charge in [-0.1, -0.05) is 12.1 Å². The molecule has 1 N–H and O–H groups in total. The third-order valence-corrected chi connectivity index (χ3v) is 4.33. The van der Waals surface area contributed by atoms with Crippen LogP contribution in [0.4, 0.5) is 0 Å². The SMILES string of the molecule is COc1ccc2nc(-c3cccc(S(C)(=O)=O)c3)[nH]c2c1. The minimum atomic E-state index is -3.24. The number of rotatable bonds is 3.